The molecule has 0 spiro atoms. The van der Waals surface area contributed by atoms with Gasteiger partial charge in [-0.05, 0) is 43.7 Å². The van der Waals surface area contributed by atoms with Gasteiger partial charge in [0.05, 0.1) is 6.04 Å². The zero-order valence-corrected chi connectivity index (χ0v) is 11.3. The predicted octanol–water partition coefficient (Wildman–Crippen LogP) is 3.53. The molecule has 0 fully saturated rings. The quantitative estimate of drug-likeness (QED) is 0.877. The summed E-state index contributed by atoms with van der Waals surface area (Å²) in [6.45, 7) is 3.77. The van der Waals surface area contributed by atoms with Crippen LogP contribution in [0.1, 0.15) is 47.8 Å². The third-order valence-corrected chi connectivity index (χ3v) is 3.11. The van der Waals surface area contributed by atoms with Gasteiger partial charge >= 0.3 is 5.97 Å². The van der Waals surface area contributed by atoms with E-state index in [9.17, 15) is 9.18 Å². The topological polar surface area (TPSA) is 62.5 Å². The fourth-order valence-corrected chi connectivity index (χ4v) is 2.03. The van der Waals surface area contributed by atoms with Gasteiger partial charge in [0, 0.05) is 6.04 Å². The van der Waals surface area contributed by atoms with E-state index in [0.717, 1.165) is 5.56 Å². The Kier molecular flexibility index (Phi) is 4.20. The van der Waals surface area contributed by atoms with Gasteiger partial charge in [-0.15, -0.1) is 0 Å². The first kappa shape index (κ1) is 14.3. The van der Waals surface area contributed by atoms with Gasteiger partial charge in [-0.3, -0.25) is 0 Å². The minimum absolute atomic E-state index is 0.0842. The Morgan fingerprint density at radius 1 is 1.25 bits per heavy atom. The molecule has 1 unspecified atom stereocenters. The molecule has 0 aliphatic heterocycles. The highest BCUT2D eigenvalue weighted by Gasteiger charge is 2.16. The number of furan rings is 1. The molecule has 5 heteroatoms. The van der Waals surface area contributed by atoms with E-state index in [2.05, 4.69) is 5.32 Å². The van der Waals surface area contributed by atoms with E-state index >= 15 is 0 Å². The van der Waals surface area contributed by atoms with Crippen LogP contribution in [0.25, 0.3) is 0 Å². The fraction of sp³-hybridized carbons (Fsp3) is 0.267. The maximum atomic E-state index is 13.2. The molecule has 2 N–H and O–H groups in total. The second kappa shape index (κ2) is 5.88. The lowest BCUT2D eigenvalue weighted by atomic mass is 10.1. The molecule has 0 saturated carbocycles. The third kappa shape index (κ3) is 3.24. The van der Waals surface area contributed by atoms with E-state index in [1.54, 1.807) is 12.1 Å². The Labute approximate surface area is 116 Å². The first-order valence-electron chi connectivity index (χ1n) is 6.32. The number of hydrogen-bond donors (Lipinski definition) is 2. The lowest BCUT2D eigenvalue weighted by molar-refractivity contribution is 0.0659. The van der Waals surface area contributed by atoms with Crippen molar-refractivity contribution in [2.45, 2.75) is 25.9 Å². The second-order valence-corrected chi connectivity index (χ2v) is 4.67. The minimum Gasteiger partial charge on any atom is -0.475 e. The zero-order chi connectivity index (χ0) is 14.7. The van der Waals surface area contributed by atoms with Crippen LogP contribution in [0.2, 0.25) is 0 Å². The number of carbonyl (C=O) groups is 1. The van der Waals surface area contributed by atoms with Crippen LogP contribution in [0.5, 0.6) is 0 Å². The summed E-state index contributed by atoms with van der Waals surface area (Å²) in [7, 11) is 0. The number of hydrogen-bond acceptors (Lipinski definition) is 3. The van der Waals surface area contributed by atoms with Crippen molar-refractivity contribution in [1.82, 2.24) is 5.32 Å². The monoisotopic (exact) mass is 277 g/mol. The molecule has 0 radical (unpaired) electrons. The number of halogens is 1. The SMILES string of the molecule is CC(N[C@@H](C)c1cccc(F)c1)c1ccc(C(=O)O)o1. The molecule has 4 nitrogen and oxygen atoms in total. The van der Waals surface area contributed by atoms with Gasteiger partial charge in [0.2, 0.25) is 5.76 Å². The van der Waals surface area contributed by atoms with Crippen LogP contribution in [0, 0.1) is 5.82 Å². The van der Waals surface area contributed by atoms with Crippen LogP contribution >= 0.6 is 0 Å². The summed E-state index contributed by atoms with van der Waals surface area (Å²) in [6.07, 6.45) is 0. The lowest BCUT2D eigenvalue weighted by Crippen LogP contribution is -2.22. The van der Waals surface area contributed by atoms with Crippen molar-refractivity contribution >= 4 is 5.97 Å². The van der Waals surface area contributed by atoms with E-state index < -0.39 is 5.97 Å². The van der Waals surface area contributed by atoms with E-state index in [0.29, 0.717) is 5.76 Å². The van der Waals surface area contributed by atoms with Crippen molar-refractivity contribution in [3.05, 3.63) is 59.3 Å². The van der Waals surface area contributed by atoms with Crippen LogP contribution in [0.3, 0.4) is 0 Å². The number of rotatable bonds is 5. The second-order valence-electron chi connectivity index (χ2n) is 4.67. The highest BCUT2D eigenvalue weighted by atomic mass is 19.1. The summed E-state index contributed by atoms with van der Waals surface area (Å²) >= 11 is 0. The standard InChI is InChI=1S/C15H16FNO3/c1-9(11-4-3-5-12(16)8-11)17-10(2)13-6-7-14(20-13)15(18)19/h3-10,17H,1-2H3,(H,18,19)/t9-,10?/m0/s1. The molecule has 0 bridgehead atoms. The van der Waals surface area contributed by atoms with Crippen LogP contribution in [-0.2, 0) is 0 Å². The third-order valence-electron chi connectivity index (χ3n) is 3.11. The summed E-state index contributed by atoms with van der Waals surface area (Å²) in [5.74, 6) is -0.936. The van der Waals surface area contributed by atoms with Gasteiger partial charge in [0.1, 0.15) is 11.6 Å². The molecule has 1 heterocycles. The average molecular weight is 277 g/mol. The van der Waals surface area contributed by atoms with Crippen molar-refractivity contribution < 1.29 is 18.7 Å². The predicted molar refractivity (Wildman–Crippen MR) is 72.0 cm³/mol. The van der Waals surface area contributed by atoms with Gasteiger partial charge < -0.3 is 14.8 Å². The molecular weight excluding hydrogens is 261 g/mol. The van der Waals surface area contributed by atoms with Crippen LogP contribution in [0.15, 0.2) is 40.8 Å². The molecular formula is C15H16FNO3. The number of aromatic carboxylic acids is 1. The van der Waals surface area contributed by atoms with E-state index in [-0.39, 0.29) is 23.7 Å². The van der Waals surface area contributed by atoms with Gasteiger partial charge in [-0.2, -0.15) is 0 Å². The Hall–Kier alpha value is -2.14. The Bertz CT molecular complexity index is 609. The number of carboxylic acid groups (broad SMARTS) is 1. The van der Waals surface area contributed by atoms with Crippen molar-refractivity contribution in [1.29, 1.82) is 0 Å². The Morgan fingerprint density at radius 2 is 2.00 bits per heavy atom. The average Bonchev–Trinajstić information content (AvgIpc) is 2.88. The summed E-state index contributed by atoms with van der Waals surface area (Å²) in [5.41, 5.74) is 0.821. The van der Waals surface area contributed by atoms with Gasteiger partial charge in [-0.25, -0.2) is 9.18 Å². The number of benzene rings is 1. The smallest absolute Gasteiger partial charge is 0.371 e. The van der Waals surface area contributed by atoms with Crippen molar-refractivity contribution in [3.8, 4) is 0 Å². The van der Waals surface area contributed by atoms with Crippen LogP contribution in [-0.4, -0.2) is 11.1 Å². The molecule has 0 saturated heterocycles. The lowest BCUT2D eigenvalue weighted by Gasteiger charge is -2.19. The molecule has 0 amide bonds. The first-order chi connectivity index (χ1) is 9.47. The molecule has 1 aromatic heterocycles. The Balaban J connectivity index is 2.06. The minimum atomic E-state index is -1.10. The zero-order valence-electron chi connectivity index (χ0n) is 11.3. The molecule has 0 aliphatic carbocycles. The van der Waals surface area contributed by atoms with Crippen molar-refractivity contribution in [2.24, 2.45) is 0 Å². The summed E-state index contributed by atoms with van der Waals surface area (Å²) in [6, 6.07) is 9.13. The summed E-state index contributed by atoms with van der Waals surface area (Å²) < 4.78 is 18.4. The maximum Gasteiger partial charge on any atom is 0.371 e. The highest BCUT2D eigenvalue weighted by Crippen LogP contribution is 2.21. The summed E-state index contributed by atoms with van der Waals surface area (Å²) in [4.78, 5) is 10.8. The molecule has 106 valence electrons. The first-order valence-corrected chi connectivity index (χ1v) is 6.32. The van der Waals surface area contributed by atoms with Crippen LogP contribution in [0.4, 0.5) is 4.39 Å². The van der Waals surface area contributed by atoms with Gasteiger partial charge in [0.15, 0.2) is 0 Å². The van der Waals surface area contributed by atoms with Gasteiger partial charge in [0.25, 0.3) is 0 Å². The largest absolute Gasteiger partial charge is 0.475 e. The molecule has 2 aromatic rings. The molecule has 2 rings (SSSR count). The summed E-state index contributed by atoms with van der Waals surface area (Å²) in [5, 5.41) is 12.1. The van der Waals surface area contributed by atoms with E-state index in [1.165, 1.54) is 18.2 Å². The van der Waals surface area contributed by atoms with E-state index in [4.69, 9.17) is 9.52 Å². The molecule has 20 heavy (non-hydrogen) atoms. The van der Waals surface area contributed by atoms with Crippen LogP contribution < -0.4 is 5.32 Å². The molecule has 0 aliphatic rings. The van der Waals surface area contributed by atoms with Crippen molar-refractivity contribution in [2.75, 3.05) is 0 Å². The molecule has 2 atom stereocenters. The Morgan fingerprint density at radius 3 is 2.60 bits per heavy atom. The fourth-order valence-electron chi connectivity index (χ4n) is 2.03. The highest BCUT2D eigenvalue weighted by molar-refractivity contribution is 5.84. The number of nitrogens with one attached hydrogen (secondary N) is 1. The van der Waals surface area contributed by atoms with E-state index in [1.807, 2.05) is 19.9 Å². The normalized spacial score (nSPS) is 13.9. The maximum absolute atomic E-state index is 13.2. The number of carboxylic acids is 1. The van der Waals surface area contributed by atoms with Crippen molar-refractivity contribution in [3.63, 3.8) is 0 Å². The molecule has 1 aromatic carbocycles. The van der Waals surface area contributed by atoms with Gasteiger partial charge in [-0.1, -0.05) is 12.1 Å².